The van der Waals surface area contributed by atoms with Crippen LogP contribution in [0.2, 0.25) is 0 Å². The van der Waals surface area contributed by atoms with Gasteiger partial charge in [-0.1, -0.05) is 63.7 Å². The van der Waals surface area contributed by atoms with Gasteiger partial charge in [0.05, 0.1) is 14.1 Å². The number of hydrogen-bond donors (Lipinski definition) is 1. The summed E-state index contributed by atoms with van der Waals surface area (Å²) in [4.78, 5) is -0.157. The quantitative estimate of drug-likeness (QED) is 0.422. The van der Waals surface area contributed by atoms with E-state index in [1.807, 2.05) is 18.2 Å². The van der Waals surface area contributed by atoms with E-state index < -0.39 is 0 Å². The van der Waals surface area contributed by atoms with Crippen LogP contribution in [0.15, 0.2) is 49.2 Å². The lowest BCUT2D eigenvalue weighted by molar-refractivity contribution is 0.335. The molecule has 1 aliphatic carbocycles. The first-order valence-corrected chi connectivity index (χ1v) is 9.32. The van der Waals surface area contributed by atoms with Gasteiger partial charge in [-0.25, -0.2) is 0 Å². The second kappa shape index (κ2) is 6.64. The fraction of sp³-hybridized carbons (Fsp3) is 0.167. The lowest BCUT2D eigenvalue weighted by Gasteiger charge is -2.25. The maximum atomic E-state index is 10.0. The summed E-state index contributed by atoms with van der Waals surface area (Å²) in [6.45, 7) is 0. The average molecular weight is 583 g/mol. The molecule has 7 heteroatoms. The second-order valence-electron chi connectivity index (χ2n) is 3.76. The number of benzene rings is 1. The summed E-state index contributed by atoms with van der Waals surface area (Å²) in [5, 5.41) is 10.0. The first-order valence-electron chi connectivity index (χ1n) is 5.11. The fourth-order valence-electron chi connectivity index (χ4n) is 1.48. The molecule has 2 nitrogen and oxygen atoms in total. The Kier molecular flexibility index (Phi) is 5.62. The van der Waals surface area contributed by atoms with Crippen molar-refractivity contribution >= 4 is 79.6 Å². The molecule has 0 aromatic heterocycles. The maximum absolute atomic E-state index is 10.0. The minimum Gasteiger partial charge on any atom is -0.504 e. The Morgan fingerprint density at radius 2 is 1.74 bits per heavy atom. The Labute approximate surface area is 152 Å². The van der Waals surface area contributed by atoms with E-state index in [9.17, 15) is 5.11 Å². The van der Waals surface area contributed by atoms with E-state index in [-0.39, 0.29) is 15.4 Å². The van der Waals surface area contributed by atoms with Crippen LogP contribution in [0.25, 0.3) is 0 Å². The standard InChI is InChI=1S/C12H7Br5O2/c13-5-1-2-9(6(14)3-5)19-12-8(18)4-7(15)10(16)11(12)17/h1-4,10-11,18H. The van der Waals surface area contributed by atoms with Crippen LogP contribution < -0.4 is 4.74 Å². The number of halogens is 5. The molecule has 0 fully saturated rings. The number of ether oxygens (including phenoxy) is 1. The number of aliphatic hydroxyl groups is 1. The van der Waals surface area contributed by atoms with Crippen molar-refractivity contribution in [3.63, 3.8) is 0 Å². The van der Waals surface area contributed by atoms with Crippen LogP contribution in [0.1, 0.15) is 0 Å². The van der Waals surface area contributed by atoms with Gasteiger partial charge in [-0.2, -0.15) is 0 Å². The van der Waals surface area contributed by atoms with Crippen LogP contribution >= 0.6 is 79.6 Å². The highest BCUT2D eigenvalue weighted by Crippen LogP contribution is 2.39. The number of aliphatic hydroxyl groups excluding tert-OH is 1. The van der Waals surface area contributed by atoms with Gasteiger partial charge in [-0.3, -0.25) is 0 Å². The molecule has 102 valence electrons. The van der Waals surface area contributed by atoms with Gasteiger partial charge in [-0.05, 0) is 40.2 Å². The van der Waals surface area contributed by atoms with E-state index in [2.05, 4.69) is 79.6 Å². The molecule has 2 atom stereocenters. The first-order chi connectivity index (χ1) is 8.90. The van der Waals surface area contributed by atoms with Gasteiger partial charge in [0, 0.05) is 8.96 Å². The van der Waals surface area contributed by atoms with Gasteiger partial charge in [0.15, 0.2) is 11.5 Å². The minimum atomic E-state index is -0.164. The van der Waals surface area contributed by atoms with Crippen LogP contribution in [-0.2, 0) is 0 Å². The van der Waals surface area contributed by atoms with E-state index in [1.165, 1.54) is 0 Å². The third kappa shape index (κ3) is 3.67. The summed E-state index contributed by atoms with van der Waals surface area (Å²) >= 11 is 17.2. The molecule has 1 aromatic rings. The summed E-state index contributed by atoms with van der Waals surface area (Å²) in [6.07, 6.45) is 1.62. The molecule has 0 radical (unpaired) electrons. The third-order valence-corrected chi connectivity index (χ3v) is 7.54. The van der Waals surface area contributed by atoms with Gasteiger partial charge < -0.3 is 9.84 Å². The van der Waals surface area contributed by atoms with Crippen LogP contribution in [0.3, 0.4) is 0 Å². The monoisotopic (exact) mass is 578 g/mol. The summed E-state index contributed by atoms with van der Waals surface area (Å²) in [6, 6.07) is 5.59. The van der Waals surface area contributed by atoms with E-state index >= 15 is 0 Å². The SMILES string of the molecule is OC1=C(Oc2ccc(Br)cc2Br)C(Br)C(Br)C(Br)=C1. The summed E-state index contributed by atoms with van der Waals surface area (Å²) in [7, 11) is 0. The number of alkyl halides is 2. The van der Waals surface area contributed by atoms with E-state index in [0.29, 0.717) is 11.5 Å². The average Bonchev–Trinajstić information content (AvgIpc) is 2.34. The first kappa shape index (κ1) is 16.1. The van der Waals surface area contributed by atoms with Crippen LogP contribution in [0.5, 0.6) is 5.75 Å². The summed E-state index contributed by atoms with van der Waals surface area (Å²) in [5.41, 5.74) is 0. The molecule has 2 unspecified atom stereocenters. The molecule has 0 bridgehead atoms. The van der Waals surface area contributed by atoms with Gasteiger partial charge in [-0.15, -0.1) is 0 Å². The van der Waals surface area contributed by atoms with Crippen LogP contribution in [-0.4, -0.2) is 14.8 Å². The fourth-order valence-corrected chi connectivity index (χ4v) is 4.43. The summed E-state index contributed by atoms with van der Waals surface area (Å²) < 4.78 is 8.42. The maximum Gasteiger partial charge on any atom is 0.161 e. The van der Waals surface area contributed by atoms with Gasteiger partial charge in [0.25, 0.3) is 0 Å². The molecular formula is C12H7Br5O2. The van der Waals surface area contributed by atoms with Gasteiger partial charge in [0.2, 0.25) is 0 Å². The van der Waals surface area contributed by atoms with Crippen molar-refractivity contribution in [1.82, 2.24) is 0 Å². The Balaban J connectivity index is 2.34. The smallest absolute Gasteiger partial charge is 0.161 e. The Morgan fingerprint density at radius 1 is 1.05 bits per heavy atom. The molecule has 0 saturated heterocycles. The zero-order valence-electron chi connectivity index (χ0n) is 9.21. The van der Waals surface area contributed by atoms with Crippen LogP contribution in [0.4, 0.5) is 0 Å². The largest absolute Gasteiger partial charge is 0.504 e. The molecule has 0 aliphatic heterocycles. The lowest BCUT2D eigenvalue weighted by atomic mass is 10.1. The highest BCUT2D eigenvalue weighted by atomic mass is 79.9. The van der Waals surface area contributed by atoms with Crippen molar-refractivity contribution in [2.45, 2.75) is 9.65 Å². The van der Waals surface area contributed by atoms with E-state index in [0.717, 1.165) is 13.4 Å². The van der Waals surface area contributed by atoms with E-state index in [4.69, 9.17) is 4.74 Å². The molecule has 0 amide bonds. The van der Waals surface area contributed by atoms with Crippen molar-refractivity contribution in [1.29, 1.82) is 0 Å². The minimum absolute atomic E-state index is 0.00706. The molecule has 0 heterocycles. The zero-order valence-corrected chi connectivity index (χ0v) is 17.1. The van der Waals surface area contributed by atoms with Crippen molar-refractivity contribution in [3.05, 3.63) is 49.2 Å². The molecule has 1 N–H and O–H groups in total. The Hall–Kier alpha value is 0.700. The van der Waals surface area contributed by atoms with E-state index in [1.54, 1.807) is 6.08 Å². The highest BCUT2D eigenvalue weighted by Gasteiger charge is 2.31. The second-order valence-corrected chi connectivity index (χ2v) is 8.42. The number of rotatable bonds is 2. The Bertz CT molecular complexity index is 567. The van der Waals surface area contributed by atoms with Crippen LogP contribution in [0, 0.1) is 0 Å². The Morgan fingerprint density at radius 3 is 2.37 bits per heavy atom. The lowest BCUT2D eigenvalue weighted by Crippen LogP contribution is -2.25. The topological polar surface area (TPSA) is 29.5 Å². The molecule has 1 aromatic carbocycles. The number of hydrogen-bond acceptors (Lipinski definition) is 2. The molecular weight excluding hydrogens is 576 g/mol. The molecule has 2 rings (SSSR count). The van der Waals surface area contributed by atoms with Gasteiger partial charge in [0.1, 0.15) is 5.75 Å². The molecule has 19 heavy (non-hydrogen) atoms. The van der Waals surface area contributed by atoms with Crippen molar-refractivity contribution in [3.8, 4) is 5.75 Å². The predicted octanol–water partition coefficient (Wildman–Crippen LogP) is 6.18. The normalized spacial score (nSPS) is 23.3. The molecule has 0 saturated carbocycles. The molecule has 1 aliphatic rings. The van der Waals surface area contributed by atoms with Gasteiger partial charge >= 0.3 is 0 Å². The highest BCUT2D eigenvalue weighted by molar-refractivity contribution is 9.15. The third-order valence-electron chi connectivity index (χ3n) is 2.41. The molecule has 0 spiro atoms. The van der Waals surface area contributed by atoms with Crippen molar-refractivity contribution in [2.24, 2.45) is 0 Å². The van der Waals surface area contributed by atoms with Crippen molar-refractivity contribution in [2.75, 3.05) is 0 Å². The number of allylic oxidation sites excluding steroid dienone is 3. The van der Waals surface area contributed by atoms with Crippen molar-refractivity contribution < 1.29 is 9.84 Å². The predicted molar refractivity (Wildman–Crippen MR) is 94.6 cm³/mol. The zero-order chi connectivity index (χ0) is 14.2. The summed E-state index contributed by atoms with van der Waals surface area (Å²) in [5.74, 6) is 1.20.